The number of primary amides is 1. The summed E-state index contributed by atoms with van der Waals surface area (Å²) in [7, 11) is 0. The van der Waals surface area contributed by atoms with Gasteiger partial charge in [0.25, 0.3) is 0 Å². The fourth-order valence-corrected chi connectivity index (χ4v) is 10.3. The summed E-state index contributed by atoms with van der Waals surface area (Å²) in [6.45, 7) is 23.9. The first-order valence-corrected chi connectivity index (χ1v) is 35.7. The van der Waals surface area contributed by atoms with E-state index in [1.54, 1.807) is 34.6 Å². The van der Waals surface area contributed by atoms with Gasteiger partial charge in [-0.15, -0.1) is 0 Å². The highest BCUT2D eigenvalue weighted by molar-refractivity contribution is 5.99. The van der Waals surface area contributed by atoms with Gasteiger partial charge in [-0.05, 0) is 167 Å². The molecular formula is C67H127N19O14. The van der Waals surface area contributed by atoms with E-state index in [4.69, 9.17) is 34.4 Å². The first-order valence-electron chi connectivity index (χ1n) is 35.7. The van der Waals surface area contributed by atoms with Crippen molar-refractivity contribution in [3.05, 3.63) is 0 Å². The van der Waals surface area contributed by atoms with E-state index in [0.29, 0.717) is 83.7 Å². The highest BCUT2D eigenvalue weighted by Gasteiger charge is 2.37. The van der Waals surface area contributed by atoms with Gasteiger partial charge >= 0.3 is 0 Å². The van der Waals surface area contributed by atoms with Crippen LogP contribution in [0.15, 0.2) is 0 Å². The Labute approximate surface area is 591 Å². The fraction of sp³-hybridized carbons (Fsp3) is 0.791. The number of hydrogen-bond acceptors (Lipinski definition) is 19. The molecule has 0 fully saturated rings. The maximum absolute atomic E-state index is 14.2. The second-order valence-corrected chi connectivity index (χ2v) is 27.4. The highest BCUT2D eigenvalue weighted by atomic mass is 16.2. The smallest absolute Gasteiger partial charge is 0.243 e. The number of nitrogens with one attached hydrogen (secondary N) is 13. The molecule has 14 amide bonds. The van der Waals surface area contributed by atoms with Crippen molar-refractivity contribution in [1.82, 2.24) is 69.1 Å². The molecule has 0 rings (SSSR count). The van der Waals surface area contributed by atoms with Crippen LogP contribution in [0.1, 0.15) is 200 Å². The van der Waals surface area contributed by atoms with E-state index < -0.39 is 180 Å². The number of carbonyl (C=O) groups excluding carboxylic acids is 14. The number of hydrogen-bond donors (Lipinski definition) is 19. The Morgan fingerprint density at radius 2 is 0.610 bits per heavy atom. The van der Waals surface area contributed by atoms with Crippen LogP contribution in [0.5, 0.6) is 0 Å². The lowest BCUT2D eigenvalue weighted by Gasteiger charge is -2.29. The van der Waals surface area contributed by atoms with E-state index in [1.807, 2.05) is 34.6 Å². The van der Waals surface area contributed by atoms with E-state index in [-0.39, 0.29) is 62.9 Å². The van der Waals surface area contributed by atoms with Crippen molar-refractivity contribution in [2.75, 3.05) is 32.7 Å². The molecule has 0 aromatic heterocycles. The van der Waals surface area contributed by atoms with E-state index in [9.17, 15) is 67.1 Å². The van der Waals surface area contributed by atoms with Crippen LogP contribution >= 0.6 is 0 Å². The predicted octanol–water partition coefficient (Wildman–Crippen LogP) is -2.83. The molecule has 33 heteroatoms. The molecule has 0 heterocycles. The number of nitrogens with two attached hydrogens (primary N) is 6. The molecule has 574 valence electrons. The lowest BCUT2D eigenvalue weighted by Crippen LogP contribution is -2.61. The van der Waals surface area contributed by atoms with Gasteiger partial charge in [-0.1, -0.05) is 88.5 Å². The molecule has 0 bridgehead atoms. The Hall–Kier alpha value is -7.62. The van der Waals surface area contributed by atoms with E-state index in [2.05, 4.69) is 69.1 Å². The standard InChI is InChI=1S/C67H127N19O14/c1-15-39(9)53(85-60(93)45(72)25-17-21-29-68)66(99)76-41(11)56(89)74-35-51(87)79-46(26-18-22-30-69)62(95)86-54(40(10)16-2)67(100)78-43(13)57(90)80-48(28-20-24-32-71)63(96)84-52(38(7)8)65(98)77-44(14)59(92)83-50(34-37(5)6)64(97)81-47(27-19-23-31-70)61(94)75-42(12)58(91)82-49(55(73)88)33-36(3)4/h36-50,52-54H,15-35,68-72H2,1-14H3,(H2,73,88)(H,74,89)(H,75,94)(H,76,99)(H,77,98)(H,78,100)(H,79,87)(H,80,90)(H,81,97)(H,82,91)(H,83,92)(H,84,96)(H,85,93)(H,86,95). The molecule has 0 aliphatic carbocycles. The minimum absolute atomic E-state index is 0.0208. The normalized spacial score (nSPS) is 15.9. The van der Waals surface area contributed by atoms with Crippen molar-refractivity contribution in [2.45, 2.75) is 278 Å². The zero-order chi connectivity index (χ0) is 76.5. The summed E-state index contributed by atoms with van der Waals surface area (Å²) in [5, 5.41) is 34.2. The SMILES string of the molecule is CCC(C)C(NC(=O)C(N)CCCCN)C(=O)NC(C)C(=O)NCC(=O)NC(CCCCN)C(=O)NC(C(=O)NC(C)C(=O)NC(CCCCN)C(=O)NC(C(=O)NC(C)C(=O)NC(CC(C)C)C(=O)NC(CCCCN)C(=O)NC(C)C(=O)NC(CC(C)C)C(N)=O)C(C)C)C(C)CC. The summed E-state index contributed by atoms with van der Waals surface area (Å²) in [5.41, 5.74) is 34.4. The molecule has 25 N–H and O–H groups in total. The molecule has 33 nitrogen and oxygen atoms in total. The molecule has 0 aliphatic heterocycles. The maximum atomic E-state index is 14.2. The van der Waals surface area contributed by atoms with Crippen LogP contribution in [-0.2, 0) is 67.1 Å². The number of amides is 14. The first-order chi connectivity index (χ1) is 46.9. The Morgan fingerprint density at radius 3 is 0.990 bits per heavy atom. The van der Waals surface area contributed by atoms with Gasteiger partial charge < -0.3 is 104 Å². The Kier molecular flexibility index (Phi) is 46.0. The largest absolute Gasteiger partial charge is 0.368 e. The van der Waals surface area contributed by atoms with Crippen molar-refractivity contribution >= 4 is 82.7 Å². The number of carbonyl (C=O) groups is 14. The van der Waals surface area contributed by atoms with Crippen LogP contribution < -0.4 is 104 Å². The predicted molar refractivity (Wildman–Crippen MR) is 380 cm³/mol. The van der Waals surface area contributed by atoms with Crippen molar-refractivity contribution < 1.29 is 67.1 Å². The molecule has 15 atom stereocenters. The molecule has 0 aromatic carbocycles. The molecular weight excluding hydrogens is 1290 g/mol. The van der Waals surface area contributed by atoms with Gasteiger partial charge in [0, 0.05) is 0 Å². The zero-order valence-corrected chi connectivity index (χ0v) is 61.9. The van der Waals surface area contributed by atoms with Gasteiger partial charge in [0.2, 0.25) is 82.7 Å². The van der Waals surface area contributed by atoms with E-state index >= 15 is 0 Å². The molecule has 0 saturated heterocycles. The summed E-state index contributed by atoms with van der Waals surface area (Å²) >= 11 is 0. The third-order valence-electron chi connectivity index (χ3n) is 17.0. The second kappa shape index (κ2) is 49.8. The summed E-state index contributed by atoms with van der Waals surface area (Å²) in [6, 6.07) is -15.2. The summed E-state index contributed by atoms with van der Waals surface area (Å²) < 4.78 is 0. The molecule has 0 radical (unpaired) electrons. The molecule has 100 heavy (non-hydrogen) atoms. The first kappa shape index (κ1) is 92.4. The molecule has 15 unspecified atom stereocenters. The fourth-order valence-electron chi connectivity index (χ4n) is 10.3. The average molecular weight is 1420 g/mol. The molecule has 0 aliphatic rings. The van der Waals surface area contributed by atoms with Gasteiger partial charge in [0.1, 0.15) is 72.5 Å². The Bertz CT molecular complexity index is 2620. The van der Waals surface area contributed by atoms with Crippen LogP contribution in [0.4, 0.5) is 0 Å². The van der Waals surface area contributed by atoms with E-state index in [0.717, 1.165) is 0 Å². The average Bonchev–Trinajstić information content (AvgIpc) is 0.877. The van der Waals surface area contributed by atoms with Gasteiger partial charge in [0.05, 0.1) is 12.6 Å². The quantitative estimate of drug-likeness (QED) is 0.0273. The van der Waals surface area contributed by atoms with Crippen LogP contribution in [0.2, 0.25) is 0 Å². The molecule has 0 spiro atoms. The van der Waals surface area contributed by atoms with Crippen LogP contribution in [0.3, 0.4) is 0 Å². The van der Waals surface area contributed by atoms with Crippen LogP contribution in [0.25, 0.3) is 0 Å². The van der Waals surface area contributed by atoms with Gasteiger partial charge in [-0.2, -0.15) is 0 Å². The van der Waals surface area contributed by atoms with Crippen LogP contribution in [0, 0.1) is 29.6 Å². The summed E-state index contributed by atoms with van der Waals surface area (Å²) in [4.78, 5) is 190. The second-order valence-electron chi connectivity index (χ2n) is 27.4. The Morgan fingerprint density at radius 1 is 0.310 bits per heavy atom. The van der Waals surface area contributed by atoms with Gasteiger partial charge in [0.15, 0.2) is 0 Å². The molecule has 0 saturated carbocycles. The number of rotatable bonds is 52. The lowest BCUT2D eigenvalue weighted by molar-refractivity contribution is -0.136. The minimum atomic E-state index is -1.31. The summed E-state index contributed by atoms with van der Waals surface area (Å²) in [5.74, 6) is -11.8. The third-order valence-corrected chi connectivity index (χ3v) is 17.0. The van der Waals surface area contributed by atoms with Gasteiger partial charge in [-0.3, -0.25) is 67.1 Å². The third kappa shape index (κ3) is 36.1. The van der Waals surface area contributed by atoms with Crippen molar-refractivity contribution in [1.29, 1.82) is 0 Å². The lowest BCUT2D eigenvalue weighted by atomic mass is 9.97. The van der Waals surface area contributed by atoms with Crippen molar-refractivity contribution in [3.63, 3.8) is 0 Å². The number of unbranched alkanes of at least 4 members (excludes halogenated alkanes) is 4. The van der Waals surface area contributed by atoms with Crippen molar-refractivity contribution in [2.24, 2.45) is 64.0 Å². The topological polar surface area (TPSA) is 551 Å². The zero-order valence-electron chi connectivity index (χ0n) is 61.9. The molecule has 0 aromatic rings. The van der Waals surface area contributed by atoms with Gasteiger partial charge in [-0.25, -0.2) is 0 Å². The van der Waals surface area contributed by atoms with E-state index in [1.165, 1.54) is 27.7 Å². The van der Waals surface area contributed by atoms with Crippen LogP contribution in [-0.4, -0.2) is 194 Å². The Balaban J connectivity index is 6.32. The maximum Gasteiger partial charge on any atom is 0.243 e. The monoisotopic (exact) mass is 1420 g/mol. The van der Waals surface area contributed by atoms with Crippen molar-refractivity contribution in [3.8, 4) is 0 Å². The minimum Gasteiger partial charge on any atom is -0.368 e. The highest BCUT2D eigenvalue weighted by Crippen LogP contribution is 2.15. The summed E-state index contributed by atoms with van der Waals surface area (Å²) in [6.07, 6.45) is 5.76.